The predicted molar refractivity (Wildman–Crippen MR) is 130 cm³/mol. The second kappa shape index (κ2) is 11.5. The summed E-state index contributed by atoms with van der Waals surface area (Å²) in [5.41, 5.74) is -6.80. The zero-order valence-corrected chi connectivity index (χ0v) is 21.9. The van der Waals surface area contributed by atoms with Gasteiger partial charge in [-0.05, 0) is 24.1 Å². The first-order valence-electron chi connectivity index (χ1n) is 12.8. The number of ether oxygens (including phenoxy) is 1. The average molecular weight is 594 g/mol. The molecule has 2 aromatic carbocycles. The molecule has 0 radical (unpaired) electrons. The van der Waals surface area contributed by atoms with Crippen LogP contribution in [-0.2, 0) is 21.7 Å². The molecule has 224 valence electrons. The van der Waals surface area contributed by atoms with Crippen molar-refractivity contribution in [3.63, 3.8) is 0 Å². The number of likely N-dealkylation sites (tertiary alicyclic amines) is 1. The summed E-state index contributed by atoms with van der Waals surface area (Å²) in [5, 5.41) is 0. The summed E-state index contributed by atoms with van der Waals surface area (Å²) >= 11 is 0. The van der Waals surface area contributed by atoms with E-state index < -0.39 is 47.3 Å². The Kier molecular flexibility index (Phi) is 8.53. The van der Waals surface area contributed by atoms with Gasteiger partial charge in [-0.15, -0.1) is 0 Å². The lowest BCUT2D eigenvalue weighted by Gasteiger charge is -2.37. The average Bonchev–Trinajstić information content (AvgIpc) is 3.39. The SMILES string of the molecule is CC(=O)N1CCN(C(=O)N2CCC(c3ccc(C(OCc4c(F)cccc4F)(C(F)(F)F)C(F)(F)F)cc3)C2)CC1. The highest BCUT2D eigenvalue weighted by Gasteiger charge is 2.73. The van der Waals surface area contributed by atoms with Crippen molar-refractivity contribution in [2.75, 3.05) is 39.3 Å². The van der Waals surface area contributed by atoms with Gasteiger partial charge in [0.25, 0.3) is 5.60 Å². The van der Waals surface area contributed by atoms with Gasteiger partial charge in [0.2, 0.25) is 5.91 Å². The number of rotatable bonds is 5. The van der Waals surface area contributed by atoms with Crippen LogP contribution in [0.1, 0.15) is 36.0 Å². The lowest BCUT2D eigenvalue weighted by atomic mass is 9.89. The van der Waals surface area contributed by atoms with E-state index in [4.69, 9.17) is 0 Å². The minimum Gasteiger partial charge on any atom is -0.349 e. The number of carbonyl (C=O) groups is 2. The summed E-state index contributed by atoms with van der Waals surface area (Å²) < 4.78 is 117. The van der Waals surface area contributed by atoms with Crippen LogP contribution in [0.25, 0.3) is 0 Å². The molecule has 4 rings (SSSR count). The fourth-order valence-corrected chi connectivity index (χ4v) is 5.19. The lowest BCUT2D eigenvalue weighted by Crippen LogP contribution is -2.55. The monoisotopic (exact) mass is 593 g/mol. The zero-order chi connectivity index (χ0) is 30.2. The standard InChI is InChI=1S/C27H27F8N3O3/c1-17(39)36-11-13-37(14-12-36)24(40)38-10-9-19(15-38)18-5-7-20(8-6-18)25(26(30,31)32,27(33,34)35)41-16-21-22(28)3-2-4-23(21)29/h2-8,19H,9-16H2,1H3. The predicted octanol–water partition coefficient (Wildman–Crippen LogP) is 5.57. The van der Waals surface area contributed by atoms with Gasteiger partial charge in [-0.3, -0.25) is 4.79 Å². The Morgan fingerprint density at radius 2 is 1.34 bits per heavy atom. The maximum absolute atomic E-state index is 14.1. The Morgan fingerprint density at radius 1 is 0.805 bits per heavy atom. The molecule has 0 N–H and O–H groups in total. The first kappa shape index (κ1) is 30.5. The van der Waals surface area contributed by atoms with Crippen molar-refractivity contribution in [2.24, 2.45) is 0 Å². The smallest absolute Gasteiger partial charge is 0.349 e. The summed E-state index contributed by atoms with van der Waals surface area (Å²) in [7, 11) is 0. The molecule has 0 spiro atoms. The molecule has 41 heavy (non-hydrogen) atoms. The van der Waals surface area contributed by atoms with Crippen LogP contribution in [0.2, 0.25) is 0 Å². The van der Waals surface area contributed by atoms with Crippen LogP contribution in [0.15, 0.2) is 42.5 Å². The van der Waals surface area contributed by atoms with Crippen molar-refractivity contribution in [3.8, 4) is 0 Å². The fourth-order valence-electron chi connectivity index (χ4n) is 5.19. The van der Waals surface area contributed by atoms with Gasteiger partial charge in [0.05, 0.1) is 6.61 Å². The molecule has 0 aromatic heterocycles. The fraction of sp³-hybridized carbons (Fsp3) is 0.481. The van der Waals surface area contributed by atoms with Gasteiger partial charge in [0, 0.05) is 63.2 Å². The maximum atomic E-state index is 14.1. The van der Waals surface area contributed by atoms with Gasteiger partial charge in [-0.2, -0.15) is 26.3 Å². The number of nitrogens with zero attached hydrogens (tertiary/aromatic N) is 3. The van der Waals surface area contributed by atoms with Gasteiger partial charge < -0.3 is 19.4 Å². The molecule has 2 aliphatic rings. The van der Waals surface area contributed by atoms with Crippen LogP contribution < -0.4 is 0 Å². The molecule has 6 nitrogen and oxygen atoms in total. The summed E-state index contributed by atoms with van der Waals surface area (Å²) in [6.07, 6.45) is -11.6. The molecular weight excluding hydrogens is 566 g/mol. The van der Waals surface area contributed by atoms with Crippen LogP contribution in [0, 0.1) is 11.6 Å². The van der Waals surface area contributed by atoms with E-state index in [1.165, 1.54) is 6.92 Å². The largest absolute Gasteiger partial charge is 0.430 e. The molecule has 2 heterocycles. The number of alkyl halides is 6. The van der Waals surface area contributed by atoms with Crippen LogP contribution in [0.4, 0.5) is 39.9 Å². The van der Waals surface area contributed by atoms with E-state index in [1.807, 2.05) is 0 Å². The Labute approximate surface area is 230 Å². The second-order valence-corrected chi connectivity index (χ2v) is 9.99. The second-order valence-electron chi connectivity index (χ2n) is 9.99. The number of carbonyl (C=O) groups excluding carboxylic acids is 2. The van der Waals surface area contributed by atoms with E-state index in [0.717, 1.165) is 18.2 Å². The Balaban J connectivity index is 1.52. The molecule has 14 heteroatoms. The molecule has 1 unspecified atom stereocenters. The molecule has 2 fully saturated rings. The molecule has 1 atom stereocenters. The zero-order valence-electron chi connectivity index (χ0n) is 21.9. The van der Waals surface area contributed by atoms with E-state index in [0.29, 0.717) is 69.0 Å². The van der Waals surface area contributed by atoms with E-state index in [9.17, 15) is 44.7 Å². The minimum atomic E-state index is -6.03. The van der Waals surface area contributed by atoms with Crippen molar-refractivity contribution in [1.29, 1.82) is 0 Å². The summed E-state index contributed by atoms with van der Waals surface area (Å²) in [5.74, 6) is -3.13. The molecular formula is C27H27F8N3O3. The van der Waals surface area contributed by atoms with Crippen LogP contribution in [0.3, 0.4) is 0 Å². The number of hydrogen-bond donors (Lipinski definition) is 0. The molecule has 2 aliphatic heterocycles. The topological polar surface area (TPSA) is 53.1 Å². The summed E-state index contributed by atoms with van der Waals surface area (Å²) in [6, 6.07) is 5.55. The number of piperazine rings is 1. The normalized spacial score (nSPS) is 18.7. The molecule has 0 bridgehead atoms. The first-order chi connectivity index (χ1) is 19.2. The quantitative estimate of drug-likeness (QED) is 0.426. The lowest BCUT2D eigenvalue weighted by molar-refractivity contribution is -0.392. The summed E-state index contributed by atoms with van der Waals surface area (Å²) in [4.78, 5) is 29.2. The first-order valence-corrected chi connectivity index (χ1v) is 12.8. The highest BCUT2D eigenvalue weighted by Crippen LogP contribution is 2.53. The number of amides is 3. The number of benzene rings is 2. The molecule has 2 saturated heterocycles. The molecule has 2 aromatic rings. The van der Waals surface area contributed by atoms with E-state index in [2.05, 4.69) is 4.74 Å². The van der Waals surface area contributed by atoms with Gasteiger partial charge in [0.1, 0.15) is 11.6 Å². The molecule has 0 aliphatic carbocycles. The third kappa shape index (κ3) is 5.97. The van der Waals surface area contributed by atoms with Crippen LogP contribution >= 0.6 is 0 Å². The highest BCUT2D eigenvalue weighted by molar-refractivity contribution is 5.76. The van der Waals surface area contributed by atoms with Crippen LogP contribution in [-0.4, -0.2) is 78.3 Å². The Bertz CT molecular complexity index is 1220. The van der Waals surface area contributed by atoms with E-state index in [-0.39, 0.29) is 24.4 Å². The number of urea groups is 1. The van der Waals surface area contributed by atoms with Gasteiger partial charge in [-0.25, -0.2) is 13.6 Å². The minimum absolute atomic E-state index is 0.0911. The van der Waals surface area contributed by atoms with Crippen molar-refractivity contribution in [2.45, 2.75) is 43.8 Å². The number of hydrogen-bond acceptors (Lipinski definition) is 3. The Morgan fingerprint density at radius 3 is 1.85 bits per heavy atom. The Hall–Kier alpha value is -3.42. The van der Waals surface area contributed by atoms with Crippen molar-refractivity contribution < 1.29 is 49.4 Å². The van der Waals surface area contributed by atoms with Crippen molar-refractivity contribution in [1.82, 2.24) is 14.7 Å². The van der Waals surface area contributed by atoms with Crippen molar-refractivity contribution >= 4 is 11.9 Å². The van der Waals surface area contributed by atoms with Gasteiger partial charge >= 0.3 is 18.4 Å². The van der Waals surface area contributed by atoms with Gasteiger partial charge in [0.15, 0.2) is 0 Å². The molecule has 0 saturated carbocycles. The van der Waals surface area contributed by atoms with Crippen LogP contribution in [0.5, 0.6) is 0 Å². The maximum Gasteiger partial charge on any atom is 0.430 e. The van der Waals surface area contributed by atoms with E-state index in [1.54, 1.807) is 14.7 Å². The number of halogens is 8. The highest BCUT2D eigenvalue weighted by atomic mass is 19.4. The summed E-state index contributed by atoms with van der Waals surface area (Å²) in [6.45, 7) is 1.85. The van der Waals surface area contributed by atoms with E-state index >= 15 is 0 Å². The van der Waals surface area contributed by atoms with Gasteiger partial charge in [-0.1, -0.05) is 30.3 Å². The van der Waals surface area contributed by atoms with Crippen molar-refractivity contribution in [3.05, 3.63) is 70.8 Å². The molecule has 3 amide bonds. The third-order valence-corrected chi connectivity index (χ3v) is 7.54. The third-order valence-electron chi connectivity index (χ3n) is 7.54.